The maximum atomic E-state index is 12.5. The second kappa shape index (κ2) is 8.80. The fraction of sp³-hybridized carbons (Fsp3) is 0.583. The Kier molecular flexibility index (Phi) is 6.14. The number of hydrogen-bond donors (Lipinski definition) is 1. The first kappa shape index (κ1) is 20.9. The highest BCUT2D eigenvalue weighted by molar-refractivity contribution is 5.95. The monoisotopic (exact) mass is 409 g/mol. The van der Waals surface area contributed by atoms with E-state index in [1.165, 1.54) is 18.4 Å². The molecule has 6 heteroatoms. The molecule has 0 unspecified atom stereocenters. The summed E-state index contributed by atoms with van der Waals surface area (Å²) in [6.45, 7) is 9.33. The molecule has 3 aliphatic rings. The zero-order valence-electron chi connectivity index (χ0n) is 18.6. The van der Waals surface area contributed by atoms with Crippen molar-refractivity contribution in [2.24, 2.45) is 4.99 Å². The Morgan fingerprint density at radius 2 is 1.87 bits per heavy atom. The Bertz CT molecular complexity index is 817. The van der Waals surface area contributed by atoms with E-state index in [1.807, 2.05) is 30.2 Å². The van der Waals surface area contributed by atoms with Crippen molar-refractivity contribution in [1.29, 1.82) is 0 Å². The molecule has 0 radical (unpaired) electrons. The molecule has 0 atom stereocenters. The van der Waals surface area contributed by atoms with Gasteiger partial charge in [-0.2, -0.15) is 0 Å². The van der Waals surface area contributed by atoms with E-state index in [4.69, 9.17) is 0 Å². The van der Waals surface area contributed by atoms with Gasteiger partial charge in [0.2, 0.25) is 0 Å². The van der Waals surface area contributed by atoms with Crippen molar-refractivity contribution in [3.05, 3.63) is 42.1 Å². The van der Waals surface area contributed by atoms with Gasteiger partial charge in [0.15, 0.2) is 0 Å². The molecule has 30 heavy (non-hydrogen) atoms. The molecule has 2 saturated heterocycles. The van der Waals surface area contributed by atoms with E-state index in [1.54, 1.807) is 7.05 Å². The SMILES string of the molecule is C/C=C\N=C(C)N1CCC(N2CCC3(CC2)CN(C(=O)NC)c2ccccc23)CC1. The Morgan fingerprint density at radius 3 is 2.53 bits per heavy atom. The predicted molar refractivity (Wildman–Crippen MR) is 123 cm³/mol. The molecule has 3 aliphatic heterocycles. The third kappa shape index (κ3) is 3.85. The Labute approximate surface area is 180 Å². The summed E-state index contributed by atoms with van der Waals surface area (Å²) in [7, 11) is 1.72. The highest BCUT2D eigenvalue weighted by atomic mass is 16.2. The number of carbonyl (C=O) groups excluding carboxylic acids is 1. The summed E-state index contributed by atoms with van der Waals surface area (Å²) >= 11 is 0. The van der Waals surface area contributed by atoms with Crippen LogP contribution in [0.25, 0.3) is 0 Å². The Morgan fingerprint density at radius 1 is 1.17 bits per heavy atom. The predicted octanol–water partition coefficient (Wildman–Crippen LogP) is 3.60. The van der Waals surface area contributed by atoms with Crippen LogP contribution in [-0.2, 0) is 5.41 Å². The first-order valence-electron chi connectivity index (χ1n) is 11.3. The number of urea groups is 1. The largest absolute Gasteiger partial charge is 0.360 e. The minimum Gasteiger partial charge on any atom is -0.360 e. The fourth-order valence-electron chi connectivity index (χ4n) is 5.51. The van der Waals surface area contributed by atoms with Crippen molar-refractivity contribution in [3.8, 4) is 0 Å². The van der Waals surface area contributed by atoms with Gasteiger partial charge in [-0.1, -0.05) is 24.3 Å². The number of hydrogen-bond acceptors (Lipinski definition) is 3. The van der Waals surface area contributed by atoms with E-state index in [-0.39, 0.29) is 11.4 Å². The number of benzene rings is 1. The smallest absolute Gasteiger partial charge is 0.321 e. The van der Waals surface area contributed by atoms with Crippen LogP contribution in [-0.4, -0.2) is 67.5 Å². The molecule has 0 saturated carbocycles. The second-order valence-corrected chi connectivity index (χ2v) is 8.85. The third-order valence-electron chi connectivity index (χ3n) is 7.29. The molecule has 4 rings (SSSR count). The molecule has 0 aromatic heterocycles. The van der Waals surface area contributed by atoms with Gasteiger partial charge in [-0.3, -0.25) is 4.90 Å². The minimum atomic E-state index is 0.00378. The van der Waals surface area contributed by atoms with Crippen LogP contribution in [0, 0.1) is 0 Å². The van der Waals surface area contributed by atoms with Gasteiger partial charge in [-0.15, -0.1) is 0 Å². The zero-order chi connectivity index (χ0) is 21.1. The van der Waals surface area contributed by atoms with E-state index >= 15 is 0 Å². The Balaban J connectivity index is 1.38. The summed E-state index contributed by atoms with van der Waals surface area (Å²) in [5.41, 5.74) is 2.56. The average Bonchev–Trinajstić information content (AvgIpc) is 3.12. The zero-order valence-corrected chi connectivity index (χ0v) is 18.6. The summed E-state index contributed by atoms with van der Waals surface area (Å²) in [4.78, 5) is 24.0. The van der Waals surface area contributed by atoms with Gasteiger partial charge in [0.25, 0.3) is 0 Å². The highest BCUT2D eigenvalue weighted by Crippen LogP contribution is 2.47. The quantitative estimate of drug-likeness (QED) is 0.600. The van der Waals surface area contributed by atoms with E-state index < -0.39 is 0 Å². The van der Waals surface area contributed by atoms with Crippen LogP contribution >= 0.6 is 0 Å². The standard InChI is InChI=1S/C24H35N5O/c1-4-13-26-19(2)27-14-9-20(10-15-27)28-16-11-24(12-17-28)18-29(23(30)25-3)22-8-6-5-7-21(22)24/h4-8,13,20H,9-12,14-18H2,1-3H3,(H,25,30)/b13-4-,26-19?. The molecule has 0 bridgehead atoms. The van der Waals surface area contributed by atoms with Crippen molar-refractivity contribution < 1.29 is 4.79 Å². The summed E-state index contributed by atoms with van der Waals surface area (Å²) in [5, 5.41) is 2.81. The molecule has 3 heterocycles. The molecular weight excluding hydrogens is 374 g/mol. The van der Waals surface area contributed by atoms with Crippen molar-refractivity contribution in [2.75, 3.05) is 44.7 Å². The number of para-hydroxylation sites is 1. The lowest BCUT2D eigenvalue weighted by Gasteiger charge is -2.45. The van der Waals surface area contributed by atoms with Crippen LogP contribution in [0.4, 0.5) is 10.5 Å². The van der Waals surface area contributed by atoms with E-state index in [9.17, 15) is 4.79 Å². The van der Waals surface area contributed by atoms with Gasteiger partial charge in [-0.05, 0) is 64.3 Å². The van der Waals surface area contributed by atoms with Crippen molar-refractivity contribution >= 4 is 17.6 Å². The van der Waals surface area contributed by atoms with Crippen LogP contribution in [0.5, 0.6) is 0 Å². The van der Waals surface area contributed by atoms with Crippen LogP contribution in [0.3, 0.4) is 0 Å². The number of nitrogens with one attached hydrogen (secondary N) is 1. The molecule has 1 aromatic carbocycles. The lowest BCUT2D eigenvalue weighted by atomic mass is 9.74. The fourth-order valence-corrected chi connectivity index (χ4v) is 5.51. The molecule has 162 valence electrons. The lowest BCUT2D eigenvalue weighted by Crippen LogP contribution is -2.52. The van der Waals surface area contributed by atoms with Gasteiger partial charge in [-0.25, -0.2) is 9.79 Å². The van der Waals surface area contributed by atoms with Crippen LogP contribution in [0.2, 0.25) is 0 Å². The molecular formula is C24H35N5O. The van der Waals surface area contributed by atoms with Gasteiger partial charge in [0, 0.05) is 50.0 Å². The van der Waals surface area contributed by atoms with Gasteiger partial charge >= 0.3 is 6.03 Å². The maximum absolute atomic E-state index is 12.5. The van der Waals surface area contributed by atoms with Crippen molar-refractivity contribution in [2.45, 2.75) is 51.0 Å². The van der Waals surface area contributed by atoms with Crippen LogP contribution < -0.4 is 10.2 Å². The summed E-state index contributed by atoms with van der Waals surface area (Å²) in [5.74, 6) is 1.13. The number of likely N-dealkylation sites (tertiary alicyclic amines) is 2. The number of rotatable bonds is 2. The topological polar surface area (TPSA) is 51.2 Å². The summed E-state index contributed by atoms with van der Waals surface area (Å²) < 4.78 is 0. The second-order valence-electron chi connectivity index (χ2n) is 8.85. The first-order valence-corrected chi connectivity index (χ1v) is 11.3. The van der Waals surface area contributed by atoms with Crippen LogP contribution in [0.15, 0.2) is 41.5 Å². The first-order chi connectivity index (χ1) is 14.6. The number of aliphatic imine (C=N–C) groups is 1. The number of nitrogens with zero attached hydrogens (tertiary/aromatic N) is 4. The number of allylic oxidation sites excluding steroid dienone is 1. The third-order valence-corrected chi connectivity index (χ3v) is 7.29. The van der Waals surface area contributed by atoms with Crippen molar-refractivity contribution in [1.82, 2.24) is 15.1 Å². The van der Waals surface area contributed by atoms with Crippen LogP contribution in [0.1, 0.15) is 45.1 Å². The average molecular weight is 410 g/mol. The minimum absolute atomic E-state index is 0.00378. The Hall–Kier alpha value is -2.34. The maximum Gasteiger partial charge on any atom is 0.321 e. The molecule has 1 N–H and O–H groups in total. The van der Waals surface area contributed by atoms with E-state index in [2.05, 4.69) is 45.2 Å². The van der Waals surface area contributed by atoms with E-state index in [0.717, 1.165) is 57.1 Å². The van der Waals surface area contributed by atoms with Gasteiger partial charge in [0.05, 0.1) is 0 Å². The number of carbonyl (C=O) groups is 1. The molecule has 1 spiro atoms. The lowest BCUT2D eigenvalue weighted by molar-refractivity contribution is 0.0865. The molecule has 0 aliphatic carbocycles. The van der Waals surface area contributed by atoms with E-state index in [0.29, 0.717) is 6.04 Å². The molecule has 6 nitrogen and oxygen atoms in total. The van der Waals surface area contributed by atoms with Gasteiger partial charge < -0.3 is 15.1 Å². The van der Waals surface area contributed by atoms with Crippen molar-refractivity contribution in [3.63, 3.8) is 0 Å². The summed E-state index contributed by atoms with van der Waals surface area (Å²) in [6.07, 6.45) is 8.52. The normalized spacial score (nSPS) is 22.7. The highest BCUT2D eigenvalue weighted by Gasteiger charge is 2.46. The number of piperidine rings is 2. The van der Waals surface area contributed by atoms with Gasteiger partial charge in [0.1, 0.15) is 5.84 Å². The number of amides is 2. The summed E-state index contributed by atoms with van der Waals surface area (Å²) in [6, 6.07) is 9.16. The number of amidine groups is 1. The molecule has 2 amide bonds. The number of fused-ring (bicyclic) bond motifs is 2. The molecule has 2 fully saturated rings. The molecule has 1 aromatic rings. The number of anilines is 1.